The summed E-state index contributed by atoms with van der Waals surface area (Å²) in [7, 11) is 0. The van der Waals surface area contributed by atoms with Gasteiger partial charge in [0.05, 0.1) is 6.42 Å². The Morgan fingerprint density at radius 1 is 1.38 bits per heavy atom. The van der Waals surface area contributed by atoms with Crippen LogP contribution in [0.3, 0.4) is 0 Å². The largest absolute Gasteiger partial charge is 0.350 e. The molecular formula is C9H15FN2O. The first-order valence-electron chi connectivity index (χ1n) is 4.86. The van der Waals surface area contributed by atoms with Gasteiger partial charge in [0, 0.05) is 12.0 Å². The van der Waals surface area contributed by atoms with Crippen molar-refractivity contribution in [1.82, 2.24) is 10.6 Å². The van der Waals surface area contributed by atoms with Crippen LogP contribution in [0.4, 0.5) is 4.39 Å². The van der Waals surface area contributed by atoms with Crippen molar-refractivity contribution in [3.8, 4) is 0 Å². The molecule has 0 saturated carbocycles. The van der Waals surface area contributed by atoms with Crippen LogP contribution in [0.5, 0.6) is 0 Å². The van der Waals surface area contributed by atoms with Gasteiger partial charge in [-0.3, -0.25) is 4.79 Å². The molecule has 3 nitrogen and oxygen atoms in total. The van der Waals surface area contributed by atoms with Crippen molar-refractivity contribution < 1.29 is 9.18 Å². The fourth-order valence-corrected chi connectivity index (χ4v) is 2.33. The van der Waals surface area contributed by atoms with Crippen LogP contribution in [0.15, 0.2) is 0 Å². The van der Waals surface area contributed by atoms with E-state index in [1.807, 2.05) is 0 Å². The van der Waals surface area contributed by atoms with Gasteiger partial charge in [-0.05, 0) is 25.9 Å². The van der Waals surface area contributed by atoms with Gasteiger partial charge in [0.25, 0.3) is 0 Å². The van der Waals surface area contributed by atoms with E-state index in [4.69, 9.17) is 0 Å². The maximum absolute atomic E-state index is 13.2. The SMILES string of the molecule is O=C1CC(F)CC2(CCNCC2)N1. The van der Waals surface area contributed by atoms with E-state index in [2.05, 4.69) is 10.6 Å². The molecule has 1 atom stereocenters. The lowest BCUT2D eigenvalue weighted by Crippen LogP contribution is -2.58. The molecule has 0 radical (unpaired) electrons. The van der Waals surface area contributed by atoms with Crippen molar-refractivity contribution in [3.05, 3.63) is 0 Å². The lowest BCUT2D eigenvalue weighted by molar-refractivity contribution is -0.127. The van der Waals surface area contributed by atoms with Crippen molar-refractivity contribution in [3.63, 3.8) is 0 Å². The second-order valence-electron chi connectivity index (χ2n) is 4.08. The standard InChI is InChI=1S/C9H15FN2O/c10-7-5-8(13)12-9(6-7)1-3-11-4-2-9/h7,11H,1-6H2,(H,12,13). The number of nitrogens with one attached hydrogen (secondary N) is 2. The highest BCUT2D eigenvalue weighted by atomic mass is 19.1. The summed E-state index contributed by atoms with van der Waals surface area (Å²) in [5, 5.41) is 6.16. The molecule has 0 aromatic heterocycles. The molecule has 2 rings (SSSR count). The number of alkyl halides is 1. The zero-order chi connectivity index (χ0) is 9.31. The molecule has 2 heterocycles. The van der Waals surface area contributed by atoms with Gasteiger partial charge in [0.2, 0.25) is 5.91 Å². The maximum Gasteiger partial charge on any atom is 0.223 e. The topological polar surface area (TPSA) is 41.1 Å². The Morgan fingerprint density at radius 2 is 2.08 bits per heavy atom. The third-order valence-electron chi connectivity index (χ3n) is 2.98. The van der Waals surface area contributed by atoms with E-state index >= 15 is 0 Å². The van der Waals surface area contributed by atoms with Crippen molar-refractivity contribution in [2.45, 2.75) is 37.4 Å². The number of amides is 1. The lowest BCUT2D eigenvalue weighted by Gasteiger charge is -2.42. The first-order valence-corrected chi connectivity index (χ1v) is 4.86. The quantitative estimate of drug-likeness (QED) is 0.573. The van der Waals surface area contributed by atoms with Crippen LogP contribution in [-0.4, -0.2) is 30.7 Å². The van der Waals surface area contributed by atoms with E-state index in [0.29, 0.717) is 6.42 Å². The number of piperidine rings is 2. The molecular weight excluding hydrogens is 171 g/mol. The van der Waals surface area contributed by atoms with Crippen LogP contribution >= 0.6 is 0 Å². The molecule has 2 fully saturated rings. The number of rotatable bonds is 0. The minimum Gasteiger partial charge on any atom is -0.350 e. The number of carbonyl (C=O) groups is 1. The Bertz CT molecular complexity index is 214. The molecule has 0 bridgehead atoms. The zero-order valence-corrected chi connectivity index (χ0v) is 7.61. The van der Waals surface area contributed by atoms with Crippen LogP contribution in [0.1, 0.15) is 25.7 Å². The molecule has 0 aliphatic carbocycles. The van der Waals surface area contributed by atoms with Gasteiger partial charge in [-0.15, -0.1) is 0 Å². The Kier molecular flexibility index (Phi) is 2.24. The van der Waals surface area contributed by atoms with E-state index in [1.54, 1.807) is 0 Å². The predicted molar refractivity (Wildman–Crippen MR) is 47.1 cm³/mol. The average molecular weight is 186 g/mol. The zero-order valence-electron chi connectivity index (χ0n) is 7.61. The average Bonchev–Trinajstić information content (AvgIpc) is 2.02. The van der Waals surface area contributed by atoms with Crippen molar-refractivity contribution in [2.75, 3.05) is 13.1 Å². The van der Waals surface area contributed by atoms with Crippen molar-refractivity contribution in [1.29, 1.82) is 0 Å². The second-order valence-corrected chi connectivity index (χ2v) is 4.08. The number of carbonyl (C=O) groups excluding carboxylic acids is 1. The van der Waals surface area contributed by atoms with E-state index in [9.17, 15) is 9.18 Å². The molecule has 2 saturated heterocycles. The van der Waals surface area contributed by atoms with Crippen LogP contribution in [0.2, 0.25) is 0 Å². The summed E-state index contributed by atoms with van der Waals surface area (Å²) in [5.41, 5.74) is -0.236. The van der Waals surface area contributed by atoms with Gasteiger partial charge in [0.1, 0.15) is 6.17 Å². The minimum absolute atomic E-state index is 0.0508. The number of halogens is 1. The van der Waals surface area contributed by atoms with Crippen molar-refractivity contribution >= 4 is 5.91 Å². The third-order valence-corrected chi connectivity index (χ3v) is 2.98. The Labute approximate surface area is 77.1 Å². The molecule has 1 amide bonds. The number of hydrogen-bond acceptors (Lipinski definition) is 2. The summed E-state index contributed by atoms with van der Waals surface area (Å²) < 4.78 is 13.2. The van der Waals surface area contributed by atoms with E-state index in [0.717, 1.165) is 25.9 Å². The first-order chi connectivity index (χ1) is 6.20. The molecule has 4 heteroatoms. The molecule has 0 aromatic carbocycles. The number of hydrogen-bond donors (Lipinski definition) is 2. The normalized spacial score (nSPS) is 33.0. The van der Waals surface area contributed by atoms with Gasteiger partial charge in [-0.25, -0.2) is 4.39 Å². The van der Waals surface area contributed by atoms with Crippen molar-refractivity contribution in [2.24, 2.45) is 0 Å². The summed E-state index contributed by atoms with van der Waals surface area (Å²) in [6.45, 7) is 1.76. The maximum atomic E-state index is 13.2. The lowest BCUT2D eigenvalue weighted by atomic mass is 9.80. The van der Waals surface area contributed by atoms with Gasteiger partial charge in [-0.1, -0.05) is 0 Å². The third kappa shape index (κ3) is 1.82. The highest BCUT2D eigenvalue weighted by Gasteiger charge is 2.40. The summed E-state index contributed by atoms with van der Waals surface area (Å²) in [6.07, 6.45) is 1.33. The van der Waals surface area contributed by atoms with Crippen LogP contribution in [-0.2, 0) is 4.79 Å². The van der Waals surface area contributed by atoms with E-state index < -0.39 is 6.17 Å². The van der Waals surface area contributed by atoms with E-state index in [-0.39, 0.29) is 17.9 Å². The fraction of sp³-hybridized carbons (Fsp3) is 0.889. The summed E-state index contributed by atoms with van der Waals surface area (Å²) >= 11 is 0. The Morgan fingerprint density at radius 3 is 2.69 bits per heavy atom. The summed E-state index contributed by atoms with van der Waals surface area (Å²) in [6, 6.07) is 0. The smallest absolute Gasteiger partial charge is 0.223 e. The molecule has 2 aliphatic rings. The molecule has 74 valence electrons. The van der Waals surface area contributed by atoms with E-state index in [1.165, 1.54) is 0 Å². The molecule has 1 unspecified atom stereocenters. The van der Waals surface area contributed by atoms with Gasteiger partial charge in [0.15, 0.2) is 0 Å². The van der Waals surface area contributed by atoms with Gasteiger partial charge >= 0.3 is 0 Å². The van der Waals surface area contributed by atoms with Gasteiger partial charge in [-0.2, -0.15) is 0 Å². The predicted octanol–water partition coefficient (Wildman–Crippen LogP) is 0.357. The summed E-state index contributed by atoms with van der Waals surface area (Å²) in [4.78, 5) is 11.2. The monoisotopic (exact) mass is 186 g/mol. The first kappa shape index (κ1) is 8.94. The molecule has 2 aliphatic heterocycles. The van der Waals surface area contributed by atoms with Crippen LogP contribution < -0.4 is 10.6 Å². The summed E-state index contributed by atoms with van der Waals surface area (Å²) in [5.74, 6) is -0.124. The fourth-order valence-electron chi connectivity index (χ4n) is 2.33. The van der Waals surface area contributed by atoms with Gasteiger partial charge < -0.3 is 10.6 Å². The molecule has 13 heavy (non-hydrogen) atoms. The highest BCUT2D eigenvalue weighted by Crippen LogP contribution is 2.29. The highest BCUT2D eigenvalue weighted by molar-refractivity contribution is 5.78. The second kappa shape index (κ2) is 3.25. The van der Waals surface area contributed by atoms with Crippen LogP contribution in [0, 0.1) is 0 Å². The Hall–Kier alpha value is -0.640. The van der Waals surface area contributed by atoms with Crippen LogP contribution in [0.25, 0.3) is 0 Å². The molecule has 1 spiro atoms. The minimum atomic E-state index is -0.938. The molecule has 0 aromatic rings. The Balaban J connectivity index is 2.06. The molecule has 2 N–H and O–H groups in total.